The third-order valence-corrected chi connectivity index (χ3v) is 1.85. The molecule has 0 fully saturated rings. The highest BCUT2D eigenvalue weighted by Crippen LogP contribution is 2.00. The van der Waals surface area contributed by atoms with Gasteiger partial charge in [-0.1, -0.05) is 0 Å². The molecule has 0 radical (unpaired) electrons. The predicted octanol–water partition coefficient (Wildman–Crippen LogP) is 0.403. The van der Waals surface area contributed by atoms with Gasteiger partial charge in [0.05, 0.1) is 5.71 Å². The lowest BCUT2D eigenvalue weighted by atomic mass is 10.2. The molecule has 3 N–H and O–H groups in total. The van der Waals surface area contributed by atoms with Crippen LogP contribution in [0.15, 0.2) is 47.8 Å². The first-order valence-corrected chi connectivity index (χ1v) is 4.96. The molecule has 0 amide bonds. The van der Waals surface area contributed by atoms with Crippen molar-refractivity contribution in [2.75, 3.05) is 14.1 Å². The molecule has 0 saturated carbocycles. The number of hydrogen-bond acceptors (Lipinski definition) is 6. The van der Waals surface area contributed by atoms with Crippen LogP contribution in [-0.4, -0.2) is 29.8 Å². The number of rotatable bonds is 5. The second-order valence-electron chi connectivity index (χ2n) is 3.01. The van der Waals surface area contributed by atoms with Crippen molar-refractivity contribution in [3.63, 3.8) is 0 Å². The van der Waals surface area contributed by atoms with Crippen molar-refractivity contribution in [1.82, 2.24) is 15.4 Å². The van der Waals surface area contributed by atoms with E-state index in [2.05, 4.69) is 20.4 Å². The Labute approximate surface area is 99.9 Å². The summed E-state index contributed by atoms with van der Waals surface area (Å²) < 4.78 is 0. The minimum atomic E-state index is 0.518. The molecule has 0 aliphatic rings. The smallest absolute Gasteiger partial charge is 0.115 e. The monoisotopic (exact) mass is 233 g/mol. The van der Waals surface area contributed by atoms with Crippen molar-refractivity contribution in [3.8, 4) is 0 Å². The van der Waals surface area contributed by atoms with Crippen molar-refractivity contribution >= 4 is 5.71 Å². The van der Waals surface area contributed by atoms with Gasteiger partial charge >= 0.3 is 0 Å². The standard InChI is InChI=1S/C11H15N5O/c1-13-11(9-6-15-8-16-7-9)5-10(12)3-4-17-14-2/h3-8,14H,12H2,1-2H3/b4-3+,10-5-,13-11+. The van der Waals surface area contributed by atoms with Gasteiger partial charge in [0.15, 0.2) is 0 Å². The SMILES string of the molecule is C\N=C(/C=C(N)/C=C/ONC)c1cncnc1. The highest BCUT2D eigenvalue weighted by atomic mass is 16.6. The Balaban J connectivity index is 2.81. The van der Waals surface area contributed by atoms with Crippen LogP contribution in [0.1, 0.15) is 5.56 Å². The summed E-state index contributed by atoms with van der Waals surface area (Å²) in [6.07, 6.45) is 9.59. The van der Waals surface area contributed by atoms with Crippen LogP contribution >= 0.6 is 0 Å². The quantitative estimate of drug-likeness (QED) is 0.333. The Kier molecular flexibility index (Phi) is 5.39. The molecule has 17 heavy (non-hydrogen) atoms. The first-order valence-electron chi connectivity index (χ1n) is 4.96. The second kappa shape index (κ2) is 7.13. The fraction of sp³-hybridized carbons (Fsp3) is 0.182. The molecule has 0 aliphatic heterocycles. The molecule has 1 aromatic rings. The van der Waals surface area contributed by atoms with Gasteiger partial charge in [-0.3, -0.25) is 4.99 Å². The summed E-state index contributed by atoms with van der Waals surface area (Å²) in [7, 11) is 3.34. The zero-order valence-electron chi connectivity index (χ0n) is 9.79. The van der Waals surface area contributed by atoms with E-state index in [0.717, 1.165) is 5.56 Å². The summed E-state index contributed by atoms with van der Waals surface area (Å²) in [4.78, 5) is 16.8. The third-order valence-electron chi connectivity index (χ3n) is 1.85. The van der Waals surface area contributed by atoms with Crippen LogP contribution in [0.2, 0.25) is 0 Å². The summed E-state index contributed by atoms with van der Waals surface area (Å²) in [5, 5.41) is 0. The number of nitrogens with two attached hydrogens (primary N) is 1. The van der Waals surface area contributed by atoms with Crippen LogP contribution in [-0.2, 0) is 4.84 Å². The van der Waals surface area contributed by atoms with Gasteiger partial charge < -0.3 is 10.6 Å². The summed E-state index contributed by atoms with van der Waals surface area (Å²) in [5.74, 6) is 0. The Hall–Kier alpha value is -2.21. The molecule has 1 aromatic heterocycles. The number of allylic oxidation sites excluding steroid dienone is 2. The van der Waals surface area contributed by atoms with E-state index in [1.54, 1.807) is 38.6 Å². The number of hydroxylamine groups is 1. The predicted molar refractivity (Wildman–Crippen MR) is 66.0 cm³/mol. The Bertz CT molecular complexity index is 425. The van der Waals surface area contributed by atoms with Gasteiger partial charge in [-0.25, -0.2) is 9.97 Å². The largest absolute Gasteiger partial charge is 0.417 e. The average Bonchev–Trinajstić information content (AvgIpc) is 2.37. The van der Waals surface area contributed by atoms with E-state index in [-0.39, 0.29) is 0 Å². The number of hydrogen-bond donors (Lipinski definition) is 2. The summed E-state index contributed by atoms with van der Waals surface area (Å²) in [6.45, 7) is 0. The van der Waals surface area contributed by atoms with Gasteiger partial charge in [-0.05, 0) is 12.2 Å². The summed E-state index contributed by atoms with van der Waals surface area (Å²) >= 11 is 0. The maximum Gasteiger partial charge on any atom is 0.115 e. The first kappa shape index (κ1) is 12.9. The van der Waals surface area contributed by atoms with E-state index in [0.29, 0.717) is 11.4 Å². The fourth-order valence-corrected chi connectivity index (χ4v) is 1.09. The maximum atomic E-state index is 5.77. The number of aromatic nitrogens is 2. The van der Waals surface area contributed by atoms with Gasteiger partial charge in [0.25, 0.3) is 0 Å². The molecule has 6 heteroatoms. The van der Waals surface area contributed by atoms with E-state index >= 15 is 0 Å². The molecule has 1 heterocycles. The highest BCUT2D eigenvalue weighted by Gasteiger charge is 1.99. The maximum absolute atomic E-state index is 5.77. The topological polar surface area (TPSA) is 85.4 Å². The van der Waals surface area contributed by atoms with Crippen molar-refractivity contribution in [1.29, 1.82) is 0 Å². The van der Waals surface area contributed by atoms with Crippen molar-refractivity contribution < 1.29 is 4.84 Å². The Morgan fingerprint density at radius 1 is 1.47 bits per heavy atom. The number of aliphatic imine (C=N–C) groups is 1. The molecule has 0 saturated heterocycles. The lowest BCUT2D eigenvalue weighted by molar-refractivity contribution is 0.158. The second-order valence-corrected chi connectivity index (χ2v) is 3.01. The number of nitrogens with zero attached hydrogens (tertiary/aromatic N) is 3. The van der Waals surface area contributed by atoms with Crippen molar-refractivity contribution in [2.45, 2.75) is 0 Å². The highest BCUT2D eigenvalue weighted by molar-refractivity contribution is 6.08. The van der Waals surface area contributed by atoms with Gasteiger partial charge in [-0.15, -0.1) is 0 Å². The summed E-state index contributed by atoms with van der Waals surface area (Å²) in [6, 6.07) is 0. The van der Waals surface area contributed by atoms with Crippen molar-refractivity contribution in [2.24, 2.45) is 10.7 Å². The number of nitrogens with one attached hydrogen (secondary N) is 1. The van der Waals surface area contributed by atoms with Crippen LogP contribution < -0.4 is 11.2 Å². The molecular formula is C11H15N5O. The molecule has 90 valence electrons. The zero-order valence-corrected chi connectivity index (χ0v) is 9.79. The molecule has 0 spiro atoms. The molecule has 6 nitrogen and oxygen atoms in total. The van der Waals surface area contributed by atoms with E-state index in [1.807, 2.05) is 0 Å². The van der Waals surface area contributed by atoms with Gasteiger partial charge in [-0.2, -0.15) is 5.48 Å². The van der Waals surface area contributed by atoms with Gasteiger partial charge in [0.2, 0.25) is 0 Å². The molecule has 0 aromatic carbocycles. The Morgan fingerprint density at radius 3 is 2.76 bits per heavy atom. The van der Waals surface area contributed by atoms with Crippen LogP contribution in [0.4, 0.5) is 0 Å². The first-order chi connectivity index (χ1) is 8.27. The zero-order chi connectivity index (χ0) is 12.5. The Morgan fingerprint density at radius 2 is 2.18 bits per heavy atom. The minimum absolute atomic E-state index is 0.518. The van der Waals surface area contributed by atoms with Crippen molar-refractivity contribution in [3.05, 3.63) is 48.4 Å². The minimum Gasteiger partial charge on any atom is -0.417 e. The average molecular weight is 233 g/mol. The fourth-order valence-electron chi connectivity index (χ4n) is 1.09. The van der Waals surface area contributed by atoms with E-state index < -0.39 is 0 Å². The normalized spacial score (nSPS) is 13.1. The van der Waals surface area contributed by atoms with E-state index in [9.17, 15) is 0 Å². The lowest BCUT2D eigenvalue weighted by Crippen LogP contribution is -2.05. The van der Waals surface area contributed by atoms with E-state index in [1.165, 1.54) is 12.6 Å². The van der Waals surface area contributed by atoms with Crippen LogP contribution in [0.5, 0.6) is 0 Å². The molecule has 0 unspecified atom stereocenters. The van der Waals surface area contributed by atoms with Gasteiger partial charge in [0.1, 0.15) is 12.6 Å². The lowest BCUT2D eigenvalue weighted by Gasteiger charge is -2.00. The molecular weight excluding hydrogens is 218 g/mol. The van der Waals surface area contributed by atoms with E-state index in [4.69, 9.17) is 10.6 Å². The van der Waals surface area contributed by atoms with Gasteiger partial charge in [0, 0.05) is 37.7 Å². The van der Waals surface area contributed by atoms with Crippen LogP contribution in [0, 0.1) is 0 Å². The third kappa shape index (κ3) is 4.43. The van der Waals surface area contributed by atoms with Crippen LogP contribution in [0.25, 0.3) is 0 Å². The molecule has 0 bridgehead atoms. The molecule has 0 aliphatic carbocycles. The molecule has 0 atom stereocenters. The summed E-state index contributed by atoms with van der Waals surface area (Å²) in [5.41, 5.74) is 10.3. The molecule has 1 rings (SSSR count). The van der Waals surface area contributed by atoms with Crippen LogP contribution in [0.3, 0.4) is 0 Å².